The molecule has 1 aromatic heterocycles. The van der Waals surface area contributed by atoms with E-state index in [1.807, 2.05) is 44.2 Å². The number of aromatic nitrogens is 2. The van der Waals surface area contributed by atoms with Gasteiger partial charge in [0.15, 0.2) is 11.6 Å². The molecular formula is C19H20N4O2S. The van der Waals surface area contributed by atoms with E-state index < -0.39 is 10.0 Å². The van der Waals surface area contributed by atoms with Gasteiger partial charge in [-0.2, -0.15) is 0 Å². The molecule has 0 fully saturated rings. The van der Waals surface area contributed by atoms with Gasteiger partial charge in [-0.15, -0.1) is 10.2 Å². The lowest BCUT2D eigenvalue weighted by Gasteiger charge is -2.11. The maximum Gasteiger partial charge on any atom is 0.263 e. The standard InChI is InChI=1S/C19H20N4O2S/c1-13-5-8-16(9-6-13)20-18-10-11-19(22-21-18)23-26(24,25)17-12-14(2)4-7-15(17)3/h4-12H,1-3H3,(H,20,21)(H,22,23). The molecule has 0 saturated carbocycles. The van der Waals surface area contributed by atoms with Crippen LogP contribution < -0.4 is 10.0 Å². The smallest absolute Gasteiger partial charge is 0.263 e. The summed E-state index contributed by atoms with van der Waals surface area (Å²) in [6, 6.07) is 16.4. The summed E-state index contributed by atoms with van der Waals surface area (Å²) in [6.45, 7) is 5.62. The summed E-state index contributed by atoms with van der Waals surface area (Å²) < 4.78 is 27.6. The number of benzene rings is 2. The van der Waals surface area contributed by atoms with E-state index in [-0.39, 0.29) is 10.7 Å². The van der Waals surface area contributed by atoms with Gasteiger partial charge in [-0.3, -0.25) is 4.72 Å². The molecule has 0 aliphatic heterocycles. The van der Waals surface area contributed by atoms with E-state index in [9.17, 15) is 8.42 Å². The van der Waals surface area contributed by atoms with Gasteiger partial charge >= 0.3 is 0 Å². The van der Waals surface area contributed by atoms with Crippen LogP contribution in [0.4, 0.5) is 17.3 Å². The number of nitrogens with one attached hydrogen (secondary N) is 2. The Balaban J connectivity index is 1.76. The number of aryl methyl sites for hydroxylation is 3. The summed E-state index contributed by atoms with van der Waals surface area (Å²) >= 11 is 0. The Hall–Kier alpha value is -2.93. The Morgan fingerprint density at radius 3 is 2.04 bits per heavy atom. The molecule has 0 saturated heterocycles. The number of hydrogen-bond donors (Lipinski definition) is 2. The molecule has 2 N–H and O–H groups in total. The number of anilines is 3. The van der Waals surface area contributed by atoms with Crippen molar-refractivity contribution in [2.45, 2.75) is 25.7 Å². The molecular weight excluding hydrogens is 348 g/mol. The van der Waals surface area contributed by atoms with Crippen molar-refractivity contribution in [2.24, 2.45) is 0 Å². The maximum absolute atomic E-state index is 12.6. The molecule has 1 heterocycles. The minimum Gasteiger partial charge on any atom is -0.339 e. The van der Waals surface area contributed by atoms with Crippen LogP contribution in [0.3, 0.4) is 0 Å². The zero-order valence-corrected chi connectivity index (χ0v) is 15.6. The normalized spacial score (nSPS) is 11.2. The lowest BCUT2D eigenvalue weighted by atomic mass is 10.2. The lowest BCUT2D eigenvalue weighted by Crippen LogP contribution is -2.15. The van der Waals surface area contributed by atoms with Gasteiger partial charge in [-0.25, -0.2) is 8.42 Å². The van der Waals surface area contributed by atoms with Gasteiger partial charge in [0.2, 0.25) is 0 Å². The summed E-state index contributed by atoms with van der Waals surface area (Å²) in [6.07, 6.45) is 0. The van der Waals surface area contributed by atoms with Crippen LogP contribution in [0.25, 0.3) is 0 Å². The lowest BCUT2D eigenvalue weighted by molar-refractivity contribution is 0.600. The van der Waals surface area contributed by atoms with E-state index in [4.69, 9.17) is 0 Å². The number of sulfonamides is 1. The van der Waals surface area contributed by atoms with Crippen LogP contribution in [0.1, 0.15) is 16.7 Å². The molecule has 134 valence electrons. The molecule has 0 amide bonds. The molecule has 2 aromatic carbocycles. The fourth-order valence-electron chi connectivity index (χ4n) is 2.43. The van der Waals surface area contributed by atoms with E-state index >= 15 is 0 Å². The highest BCUT2D eigenvalue weighted by molar-refractivity contribution is 7.92. The van der Waals surface area contributed by atoms with Crippen molar-refractivity contribution in [1.29, 1.82) is 0 Å². The first-order valence-corrected chi connectivity index (χ1v) is 9.59. The summed E-state index contributed by atoms with van der Waals surface area (Å²) in [5.41, 5.74) is 3.60. The Labute approximate surface area is 153 Å². The van der Waals surface area contributed by atoms with Gasteiger partial charge in [0.1, 0.15) is 0 Å². The number of hydrogen-bond acceptors (Lipinski definition) is 5. The van der Waals surface area contributed by atoms with Gasteiger partial charge in [0.25, 0.3) is 10.0 Å². The quantitative estimate of drug-likeness (QED) is 0.712. The number of rotatable bonds is 5. The molecule has 0 aliphatic rings. The van der Waals surface area contributed by atoms with Crippen molar-refractivity contribution in [2.75, 3.05) is 10.0 Å². The van der Waals surface area contributed by atoms with Crippen LogP contribution in [0.2, 0.25) is 0 Å². The van der Waals surface area contributed by atoms with Gasteiger partial charge in [0, 0.05) is 5.69 Å². The first-order valence-electron chi connectivity index (χ1n) is 8.11. The molecule has 3 aromatic rings. The third-order valence-corrected chi connectivity index (χ3v) is 5.36. The van der Waals surface area contributed by atoms with Crippen LogP contribution in [-0.4, -0.2) is 18.6 Å². The van der Waals surface area contributed by atoms with Crippen LogP contribution in [0, 0.1) is 20.8 Å². The average Bonchev–Trinajstić information content (AvgIpc) is 2.60. The topological polar surface area (TPSA) is 84.0 Å². The second-order valence-electron chi connectivity index (χ2n) is 6.17. The van der Waals surface area contributed by atoms with Gasteiger partial charge in [-0.05, 0) is 62.2 Å². The Morgan fingerprint density at radius 2 is 1.38 bits per heavy atom. The molecule has 0 atom stereocenters. The predicted molar refractivity (Wildman–Crippen MR) is 103 cm³/mol. The molecule has 3 rings (SSSR count). The molecule has 26 heavy (non-hydrogen) atoms. The van der Waals surface area contributed by atoms with Crippen molar-refractivity contribution in [3.63, 3.8) is 0 Å². The summed E-state index contributed by atoms with van der Waals surface area (Å²) in [7, 11) is -3.72. The number of nitrogens with zero attached hydrogens (tertiary/aromatic N) is 2. The highest BCUT2D eigenvalue weighted by atomic mass is 32.2. The summed E-state index contributed by atoms with van der Waals surface area (Å²) in [4.78, 5) is 0.237. The van der Waals surface area contributed by atoms with E-state index in [0.29, 0.717) is 11.4 Å². The van der Waals surface area contributed by atoms with Gasteiger partial charge in [0.05, 0.1) is 4.90 Å². The van der Waals surface area contributed by atoms with Crippen molar-refractivity contribution in [1.82, 2.24) is 10.2 Å². The zero-order valence-electron chi connectivity index (χ0n) is 14.8. The Bertz CT molecular complexity index is 1010. The molecule has 0 bridgehead atoms. The van der Waals surface area contributed by atoms with E-state index in [0.717, 1.165) is 16.8 Å². The SMILES string of the molecule is Cc1ccc(Nc2ccc(NS(=O)(=O)c3cc(C)ccc3C)nn2)cc1. The Kier molecular flexibility index (Phi) is 4.90. The fourth-order valence-corrected chi connectivity index (χ4v) is 3.75. The molecule has 0 aliphatic carbocycles. The second-order valence-corrected chi connectivity index (χ2v) is 7.82. The monoisotopic (exact) mass is 368 g/mol. The van der Waals surface area contributed by atoms with Crippen LogP contribution in [0.15, 0.2) is 59.5 Å². The van der Waals surface area contributed by atoms with Crippen molar-refractivity contribution in [3.05, 3.63) is 71.3 Å². The Morgan fingerprint density at radius 1 is 0.769 bits per heavy atom. The van der Waals surface area contributed by atoms with Crippen molar-refractivity contribution >= 4 is 27.3 Å². The average molecular weight is 368 g/mol. The zero-order chi connectivity index (χ0) is 18.7. The maximum atomic E-state index is 12.6. The van der Waals surface area contributed by atoms with Crippen LogP contribution >= 0.6 is 0 Å². The second kappa shape index (κ2) is 7.13. The minimum atomic E-state index is -3.72. The van der Waals surface area contributed by atoms with Gasteiger partial charge < -0.3 is 5.32 Å². The molecule has 0 radical (unpaired) electrons. The summed E-state index contributed by atoms with van der Waals surface area (Å²) in [5.74, 6) is 0.698. The third-order valence-electron chi connectivity index (χ3n) is 3.86. The molecule has 7 heteroatoms. The van der Waals surface area contributed by atoms with Crippen molar-refractivity contribution < 1.29 is 8.42 Å². The highest BCUT2D eigenvalue weighted by Crippen LogP contribution is 2.20. The van der Waals surface area contributed by atoms with E-state index in [1.54, 1.807) is 31.2 Å². The molecule has 6 nitrogen and oxygen atoms in total. The molecule has 0 spiro atoms. The van der Waals surface area contributed by atoms with E-state index in [1.165, 1.54) is 0 Å². The first-order chi connectivity index (χ1) is 12.3. The van der Waals surface area contributed by atoms with Crippen molar-refractivity contribution in [3.8, 4) is 0 Å². The molecule has 0 unspecified atom stereocenters. The largest absolute Gasteiger partial charge is 0.339 e. The van der Waals surface area contributed by atoms with Gasteiger partial charge in [-0.1, -0.05) is 29.8 Å². The highest BCUT2D eigenvalue weighted by Gasteiger charge is 2.18. The first kappa shape index (κ1) is 17.9. The van der Waals surface area contributed by atoms with Crippen LogP contribution in [-0.2, 0) is 10.0 Å². The van der Waals surface area contributed by atoms with E-state index in [2.05, 4.69) is 20.2 Å². The third kappa shape index (κ3) is 4.18. The van der Waals surface area contributed by atoms with Crippen LogP contribution in [0.5, 0.6) is 0 Å². The minimum absolute atomic E-state index is 0.167. The predicted octanol–water partition coefficient (Wildman–Crippen LogP) is 3.95. The summed E-state index contributed by atoms with van der Waals surface area (Å²) in [5, 5.41) is 11.1. The fraction of sp³-hybridized carbons (Fsp3) is 0.158.